The van der Waals surface area contributed by atoms with Gasteiger partial charge in [0.1, 0.15) is 6.29 Å². The molecule has 0 unspecified atom stereocenters. The van der Waals surface area contributed by atoms with Crippen molar-refractivity contribution in [2.24, 2.45) is 0 Å². The summed E-state index contributed by atoms with van der Waals surface area (Å²) >= 11 is 0. The Bertz CT molecular complexity index is 680. The summed E-state index contributed by atoms with van der Waals surface area (Å²) in [4.78, 5) is 11.5. The summed E-state index contributed by atoms with van der Waals surface area (Å²) in [6, 6.07) is 20.7. The van der Waals surface area contributed by atoms with Crippen molar-refractivity contribution in [1.82, 2.24) is 0 Å². The smallest absolute Gasteiger partial charge is 0.146 e. The van der Waals surface area contributed by atoms with Crippen LogP contribution in [0.15, 0.2) is 84.0 Å². The highest BCUT2D eigenvalue weighted by atomic mass is 16.1. The Hall–Kier alpha value is -2.41. The van der Waals surface area contributed by atoms with Crippen LogP contribution in [0.25, 0.3) is 0 Å². The minimum absolute atomic E-state index is 0.0936. The highest BCUT2D eigenvalue weighted by molar-refractivity contribution is 5.78. The fraction of sp³-hybridized carbons (Fsp3) is 0.150. The van der Waals surface area contributed by atoms with Gasteiger partial charge in [-0.1, -0.05) is 78.4 Å². The van der Waals surface area contributed by atoms with Crippen molar-refractivity contribution >= 4 is 6.29 Å². The van der Waals surface area contributed by atoms with Gasteiger partial charge in [-0.3, -0.25) is 4.79 Å². The van der Waals surface area contributed by atoms with Crippen LogP contribution in [-0.2, 0) is 4.79 Å². The fourth-order valence-electron chi connectivity index (χ4n) is 3.16. The molecule has 0 bridgehead atoms. The first-order chi connectivity index (χ1) is 10.3. The van der Waals surface area contributed by atoms with Crippen LogP contribution in [0.2, 0.25) is 0 Å². The molecule has 0 saturated carbocycles. The lowest BCUT2D eigenvalue weighted by atomic mass is 9.71. The van der Waals surface area contributed by atoms with Gasteiger partial charge < -0.3 is 0 Å². The number of carbonyl (C=O) groups excluding carboxylic acids is 1. The van der Waals surface area contributed by atoms with Crippen LogP contribution in [0.3, 0.4) is 0 Å². The molecule has 3 rings (SSSR count). The summed E-state index contributed by atoms with van der Waals surface area (Å²) in [7, 11) is 0. The second-order valence-electron chi connectivity index (χ2n) is 5.47. The lowest BCUT2D eigenvalue weighted by Crippen LogP contribution is -2.18. The molecule has 21 heavy (non-hydrogen) atoms. The van der Waals surface area contributed by atoms with Gasteiger partial charge in [-0.2, -0.15) is 0 Å². The maximum absolute atomic E-state index is 11.5. The van der Waals surface area contributed by atoms with E-state index in [0.717, 1.165) is 11.9 Å². The second kappa shape index (κ2) is 5.92. The largest absolute Gasteiger partial charge is 0.298 e. The summed E-state index contributed by atoms with van der Waals surface area (Å²) in [5.74, 6) is 0.315. The van der Waals surface area contributed by atoms with E-state index >= 15 is 0 Å². The van der Waals surface area contributed by atoms with Crippen LogP contribution in [-0.4, -0.2) is 6.29 Å². The van der Waals surface area contributed by atoms with Crippen LogP contribution in [0.5, 0.6) is 0 Å². The van der Waals surface area contributed by atoms with Gasteiger partial charge in [0.05, 0.1) is 0 Å². The first-order valence-corrected chi connectivity index (χ1v) is 7.24. The summed E-state index contributed by atoms with van der Waals surface area (Å²) in [5, 5.41) is 0. The van der Waals surface area contributed by atoms with Crippen LogP contribution < -0.4 is 0 Å². The maximum atomic E-state index is 11.5. The van der Waals surface area contributed by atoms with Crippen molar-refractivity contribution < 1.29 is 4.79 Å². The zero-order valence-corrected chi connectivity index (χ0v) is 12.1. The van der Waals surface area contributed by atoms with Gasteiger partial charge in [0.25, 0.3) is 0 Å². The van der Waals surface area contributed by atoms with E-state index in [0.29, 0.717) is 0 Å². The number of benzene rings is 2. The molecule has 0 aromatic heterocycles. The van der Waals surface area contributed by atoms with E-state index in [1.807, 2.05) is 30.3 Å². The van der Waals surface area contributed by atoms with Crippen molar-refractivity contribution in [2.75, 3.05) is 0 Å². The lowest BCUT2D eigenvalue weighted by molar-refractivity contribution is -0.105. The number of rotatable bonds is 3. The van der Waals surface area contributed by atoms with Gasteiger partial charge in [0.15, 0.2) is 0 Å². The molecule has 104 valence electrons. The van der Waals surface area contributed by atoms with E-state index in [4.69, 9.17) is 0 Å². The molecule has 1 nitrogen and oxygen atoms in total. The summed E-state index contributed by atoms with van der Waals surface area (Å²) in [5.41, 5.74) is 4.59. The van der Waals surface area contributed by atoms with Crippen molar-refractivity contribution in [2.45, 2.75) is 18.8 Å². The Morgan fingerprint density at radius 3 is 1.81 bits per heavy atom. The molecule has 0 N–H and O–H groups in total. The Kier molecular flexibility index (Phi) is 3.83. The Labute approximate surface area is 125 Å². The molecule has 2 aromatic rings. The van der Waals surface area contributed by atoms with Gasteiger partial charge >= 0.3 is 0 Å². The van der Waals surface area contributed by atoms with Gasteiger partial charge in [0, 0.05) is 17.4 Å². The number of hydrogen-bond acceptors (Lipinski definition) is 1. The molecule has 1 aliphatic carbocycles. The van der Waals surface area contributed by atoms with Gasteiger partial charge in [-0.05, 0) is 18.1 Å². The minimum Gasteiger partial charge on any atom is -0.298 e. The third kappa shape index (κ3) is 2.59. The first-order valence-electron chi connectivity index (χ1n) is 7.24. The third-order valence-corrected chi connectivity index (χ3v) is 4.18. The molecule has 1 aliphatic rings. The molecular formula is C20H18O. The second-order valence-corrected chi connectivity index (χ2v) is 5.47. The molecule has 2 aromatic carbocycles. The molecular weight excluding hydrogens is 256 g/mol. The van der Waals surface area contributed by atoms with Crippen molar-refractivity contribution in [3.05, 3.63) is 95.1 Å². The zero-order valence-electron chi connectivity index (χ0n) is 12.1. The van der Waals surface area contributed by atoms with E-state index in [-0.39, 0.29) is 11.8 Å². The highest BCUT2D eigenvalue weighted by Gasteiger charge is 2.30. The van der Waals surface area contributed by atoms with Crippen LogP contribution in [0.4, 0.5) is 0 Å². The minimum atomic E-state index is 0.0936. The van der Waals surface area contributed by atoms with E-state index in [1.54, 1.807) is 0 Å². The molecule has 0 heterocycles. The van der Waals surface area contributed by atoms with E-state index in [9.17, 15) is 4.79 Å². The van der Waals surface area contributed by atoms with E-state index in [1.165, 1.54) is 16.7 Å². The quantitative estimate of drug-likeness (QED) is 0.745. The number of hydrogen-bond donors (Lipinski definition) is 0. The molecule has 0 spiro atoms. The monoisotopic (exact) mass is 274 g/mol. The Morgan fingerprint density at radius 2 is 1.29 bits per heavy atom. The van der Waals surface area contributed by atoms with Crippen molar-refractivity contribution in [3.63, 3.8) is 0 Å². The van der Waals surface area contributed by atoms with Gasteiger partial charge in [-0.15, -0.1) is 0 Å². The third-order valence-electron chi connectivity index (χ3n) is 4.18. The lowest BCUT2D eigenvalue weighted by Gasteiger charge is -2.32. The molecule has 0 radical (unpaired) electrons. The molecule has 0 fully saturated rings. The van der Waals surface area contributed by atoms with Crippen molar-refractivity contribution in [1.29, 1.82) is 0 Å². The zero-order chi connectivity index (χ0) is 14.7. The van der Waals surface area contributed by atoms with Gasteiger partial charge in [0.2, 0.25) is 0 Å². The van der Waals surface area contributed by atoms with Crippen molar-refractivity contribution in [3.8, 4) is 0 Å². The topological polar surface area (TPSA) is 17.1 Å². The predicted molar refractivity (Wildman–Crippen MR) is 86.3 cm³/mol. The van der Waals surface area contributed by atoms with Gasteiger partial charge in [-0.25, -0.2) is 0 Å². The SMILES string of the molecule is CC1=CC=C(C=O)[C@@H](c2ccccc2)[C@@H]1c1ccccc1. The normalized spacial score (nSPS) is 21.4. The van der Waals surface area contributed by atoms with E-state index in [2.05, 4.69) is 49.4 Å². The standard InChI is InChI=1S/C20H18O/c1-15-12-13-18(14-21)20(17-10-6-3-7-11-17)19(15)16-8-4-2-5-9-16/h2-14,19-20H,1H3/t19-,20+/m0/s1. The number of allylic oxidation sites excluding steroid dienone is 4. The fourth-order valence-corrected chi connectivity index (χ4v) is 3.16. The number of aldehydes is 1. The average molecular weight is 274 g/mol. The van der Waals surface area contributed by atoms with E-state index < -0.39 is 0 Å². The summed E-state index contributed by atoms with van der Waals surface area (Å²) in [6.07, 6.45) is 5.02. The molecule has 0 amide bonds. The van der Waals surface area contributed by atoms with Crippen LogP contribution in [0, 0.1) is 0 Å². The molecule has 0 saturated heterocycles. The first kappa shape index (κ1) is 13.6. The summed E-state index contributed by atoms with van der Waals surface area (Å²) in [6.45, 7) is 2.14. The van der Waals surface area contributed by atoms with Crippen LogP contribution >= 0.6 is 0 Å². The average Bonchev–Trinajstić information content (AvgIpc) is 2.56. The maximum Gasteiger partial charge on any atom is 0.146 e. The highest BCUT2D eigenvalue weighted by Crippen LogP contribution is 2.44. The molecule has 2 atom stereocenters. The molecule has 1 heteroatoms. The molecule has 0 aliphatic heterocycles. The predicted octanol–water partition coefficient (Wildman–Crippen LogP) is 4.64. The summed E-state index contributed by atoms with van der Waals surface area (Å²) < 4.78 is 0. The Morgan fingerprint density at radius 1 is 0.762 bits per heavy atom. The van der Waals surface area contributed by atoms with Crippen LogP contribution in [0.1, 0.15) is 29.9 Å². The number of carbonyl (C=O) groups is 1. The Balaban J connectivity index is 2.13.